The number of benzene rings is 1. The Morgan fingerprint density at radius 1 is 1.14 bits per heavy atom. The number of ether oxygens (including phenoxy) is 2. The second-order valence-electron chi connectivity index (χ2n) is 6.31. The Hall–Kier alpha value is -2.87. The van der Waals surface area contributed by atoms with Crippen molar-refractivity contribution in [1.82, 2.24) is 10.3 Å². The number of rotatable bonds is 9. The molecule has 1 aromatic heterocycles. The molecule has 8 heteroatoms. The van der Waals surface area contributed by atoms with Gasteiger partial charge in [-0.2, -0.15) is 0 Å². The van der Waals surface area contributed by atoms with Gasteiger partial charge in [-0.25, -0.2) is 9.78 Å². The first-order chi connectivity index (χ1) is 13.9. The molecule has 2 rings (SSSR count). The Morgan fingerprint density at radius 3 is 2.66 bits per heavy atom. The van der Waals surface area contributed by atoms with Crippen molar-refractivity contribution in [3.05, 3.63) is 53.2 Å². The van der Waals surface area contributed by atoms with Gasteiger partial charge < -0.3 is 14.8 Å². The van der Waals surface area contributed by atoms with E-state index in [1.807, 2.05) is 32.0 Å². The van der Waals surface area contributed by atoms with Gasteiger partial charge in [0.1, 0.15) is 5.03 Å². The lowest BCUT2D eigenvalue weighted by atomic mass is 10.1. The first-order valence-corrected chi connectivity index (χ1v) is 9.93. The lowest BCUT2D eigenvalue weighted by molar-refractivity contribution is -0.140. The zero-order chi connectivity index (χ0) is 21.2. The molecule has 2 aromatic rings. The molecular formula is C21H24N2O5S. The smallest absolute Gasteiger partial charge is 0.341 e. The van der Waals surface area contributed by atoms with Gasteiger partial charge in [0.25, 0.3) is 5.91 Å². The summed E-state index contributed by atoms with van der Waals surface area (Å²) in [4.78, 5) is 40.5. The molecule has 1 N–H and O–H groups in total. The van der Waals surface area contributed by atoms with Gasteiger partial charge in [-0.1, -0.05) is 17.8 Å². The number of carbonyl (C=O) groups is 3. The Labute approximate surface area is 174 Å². The van der Waals surface area contributed by atoms with Crippen LogP contribution in [0.2, 0.25) is 0 Å². The van der Waals surface area contributed by atoms with Gasteiger partial charge in [-0.3, -0.25) is 9.59 Å². The number of methoxy groups -OCH3 is 1. The maximum Gasteiger partial charge on any atom is 0.341 e. The highest BCUT2D eigenvalue weighted by atomic mass is 32.2. The molecule has 0 spiro atoms. The minimum Gasteiger partial charge on any atom is -0.469 e. The van der Waals surface area contributed by atoms with Crippen LogP contribution < -0.4 is 5.32 Å². The molecule has 0 unspecified atom stereocenters. The number of aryl methyl sites for hydroxylation is 2. The predicted molar refractivity (Wildman–Crippen MR) is 109 cm³/mol. The van der Waals surface area contributed by atoms with Gasteiger partial charge in [0, 0.05) is 24.1 Å². The van der Waals surface area contributed by atoms with Crippen molar-refractivity contribution in [3.8, 4) is 0 Å². The van der Waals surface area contributed by atoms with Crippen LogP contribution in [0.1, 0.15) is 34.3 Å². The maximum absolute atomic E-state index is 12.4. The summed E-state index contributed by atoms with van der Waals surface area (Å²) in [5.41, 5.74) is 2.64. The third kappa shape index (κ3) is 7.23. The van der Waals surface area contributed by atoms with Gasteiger partial charge >= 0.3 is 11.9 Å². The van der Waals surface area contributed by atoms with Crippen molar-refractivity contribution in [2.45, 2.75) is 36.6 Å². The molecule has 0 aliphatic rings. The zero-order valence-corrected chi connectivity index (χ0v) is 17.5. The summed E-state index contributed by atoms with van der Waals surface area (Å²) in [5.74, 6) is -1.39. The summed E-state index contributed by atoms with van der Waals surface area (Å²) >= 11 is 1.37. The van der Waals surface area contributed by atoms with Crippen LogP contribution in [0.25, 0.3) is 0 Å². The molecule has 0 aliphatic heterocycles. The fourth-order valence-corrected chi connectivity index (χ4v) is 3.31. The summed E-state index contributed by atoms with van der Waals surface area (Å²) in [7, 11) is 1.31. The number of nitrogens with zero attached hydrogens (tertiary/aromatic N) is 1. The van der Waals surface area contributed by atoms with Crippen LogP contribution in [0.4, 0.5) is 0 Å². The van der Waals surface area contributed by atoms with Gasteiger partial charge in [0.2, 0.25) is 0 Å². The number of hydrogen-bond donors (Lipinski definition) is 1. The van der Waals surface area contributed by atoms with Crippen molar-refractivity contribution >= 4 is 29.6 Å². The molecule has 1 aromatic carbocycles. The maximum atomic E-state index is 12.4. The molecule has 7 nitrogen and oxygen atoms in total. The first kappa shape index (κ1) is 22.4. The van der Waals surface area contributed by atoms with E-state index >= 15 is 0 Å². The van der Waals surface area contributed by atoms with Crippen LogP contribution in [0.5, 0.6) is 0 Å². The van der Waals surface area contributed by atoms with Gasteiger partial charge in [0.15, 0.2) is 6.61 Å². The summed E-state index contributed by atoms with van der Waals surface area (Å²) < 4.78 is 9.64. The molecule has 0 saturated heterocycles. The Bertz CT molecular complexity index is 885. The van der Waals surface area contributed by atoms with E-state index in [0.29, 0.717) is 23.6 Å². The van der Waals surface area contributed by atoms with Crippen molar-refractivity contribution in [1.29, 1.82) is 0 Å². The second kappa shape index (κ2) is 11.2. The van der Waals surface area contributed by atoms with E-state index in [9.17, 15) is 14.4 Å². The molecule has 154 valence electrons. The molecule has 0 bridgehead atoms. The zero-order valence-electron chi connectivity index (χ0n) is 16.7. The monoisotopic (exact) mass is 416 g/mol. The standard InChI is InChI=1S/C21H24N2O5S/c1-14-8-9-16(12-15(14)2)29-20-17(6-4-11-23-20)21(26)28-13-18(24)22-10-5-7-19(25)27-3/h4,6,8-9,11-12H,5,7,10,13H2,1-3H3,(H,22,24). The number of esters is 2. The number of amides is 1. The predicted octanol–water partition coefficient (Wildman–Crippen LogP) is 3.08. The van der Waals surface area contributed by atoms with Gasteiger partial charge in [-0.15, -0.1) is 0 Å². The number of nitrogens with one attached hydrogen (secondary N) is 1. The average molecular weight is 416 g/mol. The number of carbonyl (C=O) groups excluding carboxylic acids is 3. The SMILES string of the molecule is COC(=O)CCCNC(=O)COC(=O)c1cccnc1Sc1ccc(C)c(C)c1. The highest BCUT2D eigenvalue weighted by Gasteiger charge is 2.16. The third-order valence-corrected chi connectivity index (χ3v) is 5.13. The summed E-state index contributed by atoms with van der Waals surface area (Å²) in [6, 6.07) is 9.29. The van der Waals surface area contributed by atoms with Crippen LogP contribution in [-0.4, -0.2) is 43.1 Å². The van der Waals surface area contributed by atoms with Crippen LogP contribution in [-0.2, 0) is 19.1 Å². The molecule has 0 saturated carbocycles. The van der Waals surface area contributed by atoms with Gasteiger partial charge in [-0.05, 0) is 55.7 Å². The molecule has 29 heavy (non-hydrogen) atoms. The first-order valence-electron chi connectivity index (χ1n) is 9.11. The van der Waals surface area contributed by atoms with Crippen molar-refractivity contribution in [3.63, 3.8) is 0 Å². The quantitative estimate of drug-likeness (QED) is 0.496. The molecule has 0 aliphatic carbocycles. The van der Waals surface area contributed by atoms with Crippen LogP contribution in [0.15, 0.2) is 46.5 Å². The van der Waals surface area contributed by atoms with Crippen LogP contribution in [0, 0.1) is 13.8 Å². The Balaban J connectivity index is 1.90. The Kier molecular flexibility index (Phi) is 8.67. The topological polar surface area (TPSA) is 94.6 Å². The van der Waals surface area contributed by atoms with E-state index in [1.54, 1.807) is 18.3 Å². The molecule has 0 atom stereocenters. The second-order valence-corrected chi connectivity index (χ2v) is 7.37. The van der Waals surface area contributed by atoms with Crippen LogP contribution >= 0.6 is 11.8 Å². The van der Waals surface area contributed by atoms with Gasteiger partial charge in [0.05, 0.1) is 12.7 Å². The van der Waals surface area contributed by atoms with E-state index in [2.05, 4.69) is 15.0 Å². The van der Waals surface area contributed by atoms with E-state index in [0.717, 1.165) is 10.5 Å². The van der Waals surface area contributed by atoms with Crippen molar-refractivity contribution in [2.75, 3.05) is 20.3 Å². The number of pyridine rings is 1. The molecule has 1 heterocycles. The summed E-state index contributed by atoms with van der Waals surface area (Å²) in [5, 5.41) is 3.10. The van der Waals surface area contributed by atoms with E-state index in [4.69, 9.17) is 4.74 Å². The minimum absolute atomic E-state index is 0.214. The fraction of sp³-hybridized carbons (Fsp3) is 0.333. The minimum atomic E-state index is -0.617. The van der Waals surface area contributed by atoms with E-state index in [-0.39, 0.29) is 12.4 Å². The van der Waals surface area contributed by atoms with Crippen LogP contribution in [0.3, 0.4) is 0 Å². The normalized spacial score (nSPS) is 10.3. The van der Waals surface area contributed by atoms with Crippen molar-refractivity contribution in [2.24, 2.45) is 0 Å². The van der Waals surface area contributed by atoms with Crippen molar-refractivity contribution < 1.29 is 23.9 Å². The molecule has 0 fully saturated rings. The van der Waals surface area contributed by atoms with E-state index in [1.165, 1.54) is 24.4 Å². The lowest BCUT2D eigenvalue weighted by Gasteiger charge is -2.10. The summed E-state index contributed by atoms with van der Waals surface area (Å²) in [6.07, 6.45) is 2.27. The number of hydrogen-bond acceptors (Lipinski definition) is 7. The number of aromatic nitrogens is 1. The highest BCUT2D eigenvalue weighted by Crippen LogP contribution is 2.30. The average Bonchev–Trinajstić information content (AvgIpc) is 2.72. The molecule has 0 radical (unpaired) electrons. The largest absolute Gasteiger partial charge is 0.469 e. The third-order valence-electron chi connectivity index (χ3n) is 4.13. The fourth-order valence-electron chi connectivity index (χ4n) is 2.34. The summed E-state index contributed by atoms with van der Waals surface area (Å²) in [6.45, 7) is 3.95. The molecule has 1 amide bonds. The lowest BCUT2D eigenvalue weighted by Crippen LogP contribution is -2.30. The highest BCUT2D eigenvalue weighted by molar-refractivity contribution is 7.99. The Morgan fingerprint density at radius 2 is 1.93 bits per heavy atom. The molecular weight excluding hydrogens is 392 g/mol. The van der Waals surface area contributed by atoms with E-state index < -0.39 is 18.5 Å².